The number of urea groups is 1. The Morgan fingerprint density at radius 2 is 1.61 bits per heavy atom. The molecule has 2 aromatic carbocycles. The van der Waals surface area contributed by atoms with E-state index in [1.807, 2.05) is 53.4 Å². The van der Waals surface area contributed by atoms with Crippen molar-refractivity contribution in [1.29, 1.82) is 0 Å². The lowest BCUT2D eigenvalue weighted by molar-refractivity contribution is 0.191. The van der Waals surface area contributed by atoms with Crippen molar-refractivity contribution >= 4 is 11.7 Å². The monoisotopic (exact) mass is 385 g/mol. The second-order valence-corrected chi connectivity index (χ2v) is 6.43. The Kier molecular flexibility index (Phi) is 6.84. The second kappa shape index (κ2) is 9.73. The van der Waals surface area contributed by atoms with Crippen LogP contribution in [0.25, 0.3) is 0 Å². The van der Waals surface area contributed by atoms with Gasteiger partial charge >= 0.3 is 6.03 Å². The summed E-state index contributed by atoms with van der Waals surface area (Å²) in [7, 11) is 3.28. The predicted octanol–water partition coefficient (Wildman–Crippen LogP) is 2.61. The fraction of sp³-hybridized carbons (Fsp3) is 0.381. The van der Waals surface area contributed by atoms with Gasteiger partial charge < -0.3 is 29.3 Å². The molecule has 150 valence electrons. The van der Waals surface area contributed by atoms with Gasteiger partial charge in [0, 0.05) is 37.9 Å². The number of nitrogens with zero attached hydrogens (tertiary/aromatic N) is 2. The van der Waals surface area contributed by atoms with E-state index in [1.165, 1.54) is 0 Å². The zero-order valence-electron chi connectivity index (χ0n) is 16.4. The molecule has 0 radical (unpaired) electrons. The Bertz CT molecular complexity index is 759. The maximum atomic E-state index is 12.3. The summed E-state index contributed by atoms with van der Waals surface area (Å²) in [5.41, 5.74) is 1.15. The molecule has 1 fully saturated rings. The molecular formula is C21H27N3O4. The van der Waals surface area contributed by atoms with Crippen molar-refractivity contribution in [3.8, 4) is 17.2 Å². The Labute approximate surface area is 165 Å². The maximum absolute atomic E-state index is 12.3. The zero-order chi connectivity index (χ0) is 19.8. The molecule has 0 aromatic heterocycles. The van der Waals surface area contributed by atoms with E-state index < -0.39 is 0 Å². The highest BCUT2D eigenvalue weighted by Crippen LogP contribution is 2.21. The van der Waals surface area contributed by atoms with Gasteiger partial charge in [0.2, 0.25) is 0 Å². The summed E-state index contributed by atoms with van der Waals surface area (Å²) in [4.78, 5) is 16.5. The lowest BCUT2D eigenvalue weighted by Crippen LogP contribution is -2.52. The highest BCUT2D eigenvalue weighted by Gasteiger charge is 2.21. The third-order valence-electron chi connectivity index (χ3n) is 4.69. The summed E-state index contributed by atoms with van der Waals surface area (Å²) in [6.07, 6.45) is 0. The summed E-state index contributed by atoms with van der Waals surface area (Å²) < 4.78 is 16.0. The molecule has 0 spiro atoms. The minimum Gasteiger partial charge on any atom is -0.497 e. The maximum Gasteiger partial charge on any atom is 0.317 e. The average molecular weight is 385 g/mol. The predicted molar refractivity (Wildman–Crippen MR) is 109 cm³/mol. The average Bonchev–Trinajstić information content (AvgIpc) is 2.77. The Morgan fingerprint density at radius 1 is 0.929 bits per heavy atom. The van der Waals surface area contributed by atoms with Crippen molar-refractivity contribution in [3.63, 3.8) is 0 Å². The van der Waals surface area contributed by atoms with Crippen molar-refractivity contribution in [2.75, 3.05) is 58.5 Å². The molecule has 7 nitrogen and oxygen atoms in total. The summed E-state index contributed by atoms with van der Waals surface area (Å²) in [6, 6.07) is 15.4. The number of carbonyl (C=O) groups is 1. The van der Waals surface area contributed by atoms with Gasteiger partial charge in [-0.15, -0.1) is 0 Å². The van der Waals surface area contributed by atoms with Crippen molar-refractivity contribution < 1.29 is 19.0 Å². The van der Waals surface area contributed by atoms with Crippen LogP contribution in [0.4, 0.5) is 10.5 Å². The topological polar surface area (TPSA) is 63.3 Å². The SMILES string of the molecule is COc1ccc(N2CCN(C(=O)NCCOc3cccc(OC)c3)CC2)cc1. The molecule has 0 atom stereocenters. The molecule has 0 aliphatic carbocycles. The molecular weight excluding hydrogens is 358 g/mol. The molecule has 1 heterocycles. The number of hydrogen-bond acceptors (Lipinski definition) is 5. The molecule has 1 N–H and O–H groups in total. The van der Waals surface area contributed by atoms with E-state index >= 15 is 0 Å². The van der Waals surface area contributed by atoms with Gasteiger partial charge in [0.1, 0.15) is 23.9 Å². The van der Waals surface area contributed by atoms with E-state index in [2.05, 4.69) is 10.2 Å². The highest BCUT2D eigenvalue weighted by molar-refractivity contribution is 5.74. The smallest absolute Gasteiger partial charge is 0.317 e. The van der Waals surface area contributed by atoms with Crippen molar-refractivity contribution in [2.24, 2.45) is 0 Å². The first-order chi connectivity index (χ1) is 13.7. The molecule has 0 unspecified atom stereocenters. The number of methoxy groups -OCH3 is 2. The minimum absolute atomic E-state index is 0.0522. The first kappa shape index (κ1) is 19.7. The summed E-state index contributed by atoms with van der Waals surface area (Å²) in [5, 5.41) is 2.92. The normalized spacial score (nSPS) is 13.8. The largest absolute Gasteiger partial charge is 0.497 e. The van der Waals surface area contributed by atoms with Gasteiger partial charge in [-0.05, 0) is 36.4 Å². The van der Waals surface area contributed by atoms with Gasteiger partial charge in [0.15, 0.2) is 0 Å². The number of ether oxygens (including phenoxy) is 3. The number of benzene rings is 2. The van der Waals surface area contributed by atoms with Crippen LogP contribution in [0.2, 0.25) is 0 Å². The Balaban J connectivity index is 1.37. The molecule has 7 heteroatoms. The van der Waals surface area contributed by atoms with Crippen molar-refractivity contribution in [1.82, 2.24) is 10.2 Å². The summed E-state index contributed by atoms with van der Waals surface area (Å²) >= 11 is 0. The molecule has 0 saturated carbocycles. The van der Waals surface area contributed by atoms with E-state index in [0.29, 0.717) is 26.2 Å². The van der Waals surface area contributed by atoms with Gasteiger partial charge in [0.05, 0.1) is 20.8 Å². The van der Waals surface area contributed by atoms with Crippen LogP contribution >= 0.6 is 0 Å². The Hall–Kier alpha value is -3.09. The first-order valence-electron chi connectivity index (χ1n) is 9.38. The first-order valence-corrected chi connectivity index (χ1v) is 9.38. The molecule has 2 amide bonds. The number of carbonyl (C=O) groups excluding carboxylic acids is 1. The van der Waals surface area contributed by atoms with Crippen LogP contribution in [0, 0.1) is 0 Å². The minimum atomic E-state index is -0.0522. The molecule has 1 aliphatic heterocycles. The van der Waals surface area contributed by atoms with E-state index in [4.69, 9.17) is 14.2 Å². The third-order valence-corrected chi connectivity index (χ3v) is 4.69. The van der Waals surface area contributed by atoms with Crippen LogP contribution in [0.5, 0.6) is 17.2 Å². The van der Waals surface area contributed by atoms with Crippen LogP contribution in [-0.4, -0.2) is 64.5 Å². The van der Waals surface area contributed by atoms with E-state index in [1.54, 1.807) is 14.2 Å². The van der Waals surface area contributed by atoms with E-state index in [0.717, 1.165) is 36.0 Å². The standard InChI is InChI=1S/C21H27N3O4/c1-26-18-8-6-17(7-9-18)23-11-13-24(14-12-23)21(25)22-10-15-28-20-5-3-4-19(16-20)27-2/h3-9,16H,10-15H2,1-2H3,(H,22,25). The number of nitrogens with one attached hydrogen (secondary N) is 1. The third kappa shape index (κ3) is 5.22. The van der Waals surface area contributed by atoms with Crippen LogP contribution in [0.1, 0.15) is 0 Å². The molecule has 1 saturated heterocycles. The van der Waals surface area contributed by atoms with Gasteiger partial charge in [-0.3, -0.25) is 0 Å². The molecule has 2 aromatic rings. The number of amides is 2. The van der Waals surface area contributed by atoms with Crippen molar-refractivity contribution in [2.45, 2.75) is 0 Å². The number of rotatable bonds is 7. The summed E-state index contributed by atoms with van der Waals surface area (Å²) in [6.45, 7) is 3.85. The molecule has 3 rings (SSSR count). The highest BCUT2D eigenvalue weighted by atomic mass is 16.5. The number of piperazine rings is 1. The quantitative estimate of drug-likeness (QED) is 0.743. The zero-order valence-corrected chi connectivity index (χ0v) is 16.4. The van der Waals surface area contributed by atoms with Gasteiger partial charge in [-0.1, -0.05) is 6.07 Å². The van der Waals surface area contributed by atoms with Gasteiger partial charge in [-0.25, -0.2) is 4.79 Å². The second-order valence-electron chi connectivity index (χ2n) is 6.43. The number of anilines is 1. The Morgan fingerprint density at radius 3 is 2.29 bits per heavy atom. The number of hydrogen-bond donors (Lipinski definition) is 1. The van der Waals surface area contributed by atoms with Gasteiger partial charge in [-0.2, -0.15) is 0 Å². The molecule has 1 aliphatic rings. The van der Waals surface area contributed by atoms with Crippen LogP contribution in [0.3, 0.4) is 0 Å². The van der Waals surface area contributed by atoms with Crippen molar-refractivity contribution in [3.05, 3.63) is 48.5 Å². The fourth-order valence-corrected chi connectivity index (χ4v) is 3.09. The fourth-order valence-electron chi connectivity index (χ4n) is 3.09. The van der Waals surface area contributed by atoms with Gasteiger partial charge in [0.25, 0.3) is 0 Å². The molecule has 0 bridgehead atoms. The van der Waals surface area contributed by atoms with Crippen LogP contribution < -0.4 is 24.4 Å². The van der Waals surface area contributed by atoms with Crippen LogP contribution in [-0.2, 0) is 0 Å². The summed E-state index contributed by atoms with van der Waals surface area (Å²) in [5.74, 6) is 2.32. The van der Waals surface area contributed by atoms with E-state index in [-0.39, 0.29) is 6.03 Å². The van der Waals surface area contributed by atoms with Crippen LogP contribution in [0.15, 0.2) is 48.5 Å². The van der Waals surface area contributed by atoms with E-state index in [9.17, 15) is 4.79 Å². The lowest BCUT2D eigenvalue weighted by atomic mass is 10.2. The molecule has 28 heavy (non-hydrogen) atoms. The lowest BCUT2D eigenvalue weighted by Gasteiger charge is -2.36.